The summed E-state index contributed by atoms with van der Waals surface area (Å²) in [6.45, 7) is 0. The summed E-state index contributed by atoms with van der Waals surface area (Å²) in [6, 6.07) is 3.42. The van der Waals surface area contributed by atoms with E-state index in [1.54, 1.807) is 12.1 Å². The molecular weight excluding hydrogens is 176 g/mol. The van der Waals surface area contributed by atoms with Crippen LogP contribution in [0.4, 0.5) is 0 Å². The van der Waals surface area contributed by atoms with Gasteiger partial charge in [-0.25, -0.2) is 4.99 Å². The molecule has 4 nitrogen and oxygen atoms in total. The third-order valence-corrected chi connectivity index (χ3v) is 1.46. The van der Waals surface area contributed by atoms with Crippen LogP contribution in [0.15, 0.2) is 28.7 Å². The Hall–Kier alpha value is -1.78. The van der Waals surface area contributed by atoms with E-state index in [0.29, 0.717) is 0 Å². The smallest absolute Gasteiger partial charge is 0.156 e. The van der Waals surface area contributed by atoms with Gasteiger partial charge in [0, 0.05) is 12.4 Å². The molecule has 0 bridgehead atoms. The second-order valence-electron chi connectivity index (χ2n) is 1.85. The molecule has 0 aromatic heterocycles. The standard InChI is InChI=1S/C7H3ClN4/c8-7-6(5(3-9)4-10)11-1-2-12-7/h1-2,11H. The Morgan fingerprint density at radius 3 is 2.67 bits per heavy atom. The van der Waals surface area contributed by atoms with Crippen LogP contribution in [0.2, 0.25) is 0 Å². The van der Waals surface area contributed by atoms with Gasteiger partial charge in [-0.15, -0.1) is 0 Å². The minimum Gasteiger partial charge on any atom is -0.356 e. The lowest BCUT2D eigenvalue weighted by Crippen LogP contribution is -2.16. The molecule has 0 aromatic rings. The van der Waals surface area contributed by atoms with E-state index in [1.807, 2.05) is 0 Å². The first-order valence-electron chi connectivity index (χ1n) is 2.99. The van der Waals surface area contributed by atoms with Gasteiger partial charge in [-0.1, -0.05) is 11.6 Å². The molecule has 0 amide bonds. The molecule has 1 aliphatic heterocycles. The van der Waals surface area contributed by atoms with E-state index in [0.717, 1.165) is 0 Å². The van der Waals surface area contributed by atoms with Gasteiger partial charge in [0.1, 0.15) is 17.8 Å². The van der Waals surface area contributed by atoms with Crippen molar-refractivity contribution < 1.29 is 0 Å². The molecule has 1 N–H and O–H groups in total. The van der Waals surface area contributed by atoms with Gasteiger partial charge in [0.15, 0.2) is 10.7 Å². The number of nitrogens with zero attached hydrogens (tertiary/aromatic N) is 3. The minimum atomic E-state index is -0.0758. The average molecular weight is 179 g/mol. The van der Waals surface area contributed by atoms with E-state index < -0.39 is 0 Å². The van der Waals surface area contributed by atoms with Gasteiger partial charge in [-0.2, -0.15) is 10.5 Å². The second kappa shape index (κ2) is 3.56. The summed E-state index contributed by atoms with van der Waals surface area (Å²) in [6.07, 6.45) is 2.94. The average Bonchev–Trinajstić information content (AvgIpc) is 2.10. The third-order valence-electron chi connectivity index (χ3n) is 1.17. The largest absolute Gasteiger partial charge is 0.356 e. The van der Waals surface area contributed by atoms with E-state index in [2.05, 4.69) is 10.3 Å². The van der Waals surface area contributed by atoms with Crippen LogP contribution >= 0.6 is 11.6 Å². The van der Waals surface area contributed by atoms with Crippen LogP contribution in [0.1, 0.15) is 0 Å². The molecule has 58 valence electrons. The molecule has 0 atom stereocenters. The number of hydrogen-bond donors (Lipinski definition) is 1. The van der Waals surface area contributed by atoms with Crippen LogP contribution in [0, 0.1) is 22.7 Å². The van der Waals surface area contributed by atoms with Crippen molar-refractivity contribution in [3.05, 3.63) is 23.7 Å². The van der Waals surface area contributed by atoms with E-state index >= 15 is 0 Å². The summed E-state index contributed by atoms with van der Waals surface area (Å²) in [4.78, 5) is 3.71. The number of allylic oxidation sites excluding steroid dienone is 2. The number of halogens is 1. The molecule has 0 saturated carbocycles. The summed E-state index contributed by atoms with van der Waals surface area (Å²) in [5.74, 6) is 0. The Labute approximate surface area is 74.1 Å². The van der Waals surface area contributed by atoms with Crippen LogP contribution < -0.4 is 5.32 Å². The lowest BCUT2D eigenvalue weighted by molar-refractivity contribution is 1.10. The second-order valence-corrected chi connectivity index (χ2v) is 2.21. The fourth-order valence-corrected chi connectivity index (χ4v) is 0.865. The molecule has 12 heavy (non-hydrogen) atoms. The van der Waals surface area contributed by atoms with E-state index in [-0.39, 0.29) is 16.4 Å². The van der Waals surface area contributed by atoms with Crippen LogP contribution in [0.25, 0.3) is 0 Å². The van der Waals surface area contributed by atoms with Gasteiger partial charge in [-0.3, -0.25) is 0 Å². The molecule has 0 radical (unpaired) electrons. The number of hydrogen-bond acceptors (Lipinski definition) is 4. The normalized spacial score (nSPS) is 13.9. The predicted molar refractivity (Wildman–Crippen MR) is 43.8 cm³/mol. The highest BCUT2D eigenvalue weighted by molar-refractivity contribution is 6.69. The van der Waals surface area contributed by atoms with Crippen molar-refractivity contribution in [1.82, 2.24) is 5.32 Å². The highest BCUT2D eigenvalue weighted by atomic mass is 35.5. The molecular formula is C7H3ClN4. The summed E-state index contributed by atoms with van der Waals surface area (Å²) >= 11 is 5.61. The fourth-order valence-electron chi connectivity index (χ4n) is 0.660. The maximum atomic E-state index is 8.49. The fraction of sp³-hybridized carbons (Fsp3) is 0. The summed E-state index contributed by atoms with van der Waals surface area (Å²) in [7, 11) is 0. The number of nitrogens with one attached hydrogen (secondary N) is 1. The predicted octanol–water partition coefficient (Wildman–Crippen LogP) is 0.999. The molecule has 0 fully saturated rings. The van der Waals surface area contributed by atoms with Gasteiger partial charge in [0.05, 0.1) is 0 Å². The maximum absolute atomic E-state index is 8.49. The van der Waals surface area contributed by atoms with E-state index in [1.165, 1.54) is 12.4 Å². The number of aliphatic imine (C=N–C) groups is 1. The third kappa shape index (κ3) is 1.45. The zero-order valence-electron chi connectivity index (χ0n) is 5.87. The molecule has 0 unspecified atom stereocenters. The Balaban J connectivity index is 3.15. The maximum Gasteiger partial charge on any atom is 0.156 e. The molecule has 5 heteroatoms. The van der Waals surface area contributed by atoms with Gasteiger partial charge in [0.2, 0.25) is 0 Å². The Bertz CT molecular complexity index is 348. The van der Waals surface area contributed by atoms with Crippen LogP contribution in [-0.2, 0) is 0 Å². The van der Waals surface area contributed by atoms with Gasteiger partial charge in [-0.05, 0) is 0 Å². The van der Waals surface area contributed by atoms with Gasteiger partial charge in [0.25, 0.3) is 0 Å². The number of nitriles is 2. The van der Waals surface area contributed by atoms with Crippen molar-refractivity contribution in [2.24, 2.45) is 4.99 Å². The Morgan fingerprint density at radius 1 is 1.50 bits per heavy atom. The first-order valence-corrected chi connectivity index (χ1v) is 3.37. The van der Waals surface area contributed by atoms with Crippen molar-refractivity contribution in [1.29, 1.82) is 10.5 Å². The lowest BCUT2D eigenvalue weighted by atomic mass is 10.2. The quantitative estimate of drug-likeness (QED) is 0.563. The number of rotatable bonds is 0. The van der Waals surface area contributed by atoms with Crippen molar-refractivity contribution in [3.8, 4) is 12.1 Å². The first-order chi connectivity index (χ1) is 5.79. The van der Waals surface area contributed by atoms with E-state index in [4.69, 9.17) is 22.1 Å². The Morgan fingerprint density at radius 2 is 2.17 bits per heavy atom. The molecule has 1 heterocycles. The molecule has 0 spiro atoms. The monoisotopic (exact) mass is 178 g/mol. The van der Waals surface area contributed by atoms with Crippen molar-refractivity contribution >= 4 is 16.8 Å². The topological polar surface area (TPSA) is 72.0 Å². The van der Waals surface area contributed by atoms with Crippen LogP contribution in [-0.4, -0.2) is 5.17 Å². The SMILES string of the molecule is N#CC(C#N)=C1NC=CN=C1Cl. The molecule has 0 aliphatic carbocycles. The van der Waals surface area contributed by atoms with Gasteiger partial charge < -0.3 is 5.32 Å². The van der Waals surface area contributed by atoms with Crippen LogP contribution in [0.3, 0.4) is 0 Å². The van der Waals surface area contributed by atoms with Gasteiger partial charge >= 0.3 is 0 Å². The summed E-state index contributed by atoms with van der Waals surface area (Å²) in [5.41, 5.74) is 0.178. The van der Waals surface area contributed by atoms with E-state index in [9.17, 15) is 0 Å². The molecule has 1 rings (SSSR count). The lowest BCUT2D eigenvalue weighted by Gasteiger charge is -2.07. The first kappa shape index (κ1) is 8.32. The summed E-state index contributed by atoms with van der Waals surface area (Å²) in [5, 5.41) is 19.8. The summed E-state index contributed by atoms with van der Waals surface area (Å²) < 4.78 is 0. The molecule has 0 saturated heterocycles. The minimum absolute atomic E-state index is 0.0758. The van der Waals surface area contributed by atoms with Crippen LogP contribution in [0.5, 0.6) is 0 Å². The highest BCUT2D eigenvalue weighted by Gasteiger charge is 2.11. The zero-order chi connectivity index (χ0) is 8.97. The van der Waals surface area contributed by atoms with Crippen molar-refractivity contribution in [2.75, 3.05) is 0 Å². The zero-order valence-corrected chi connectivity index (χ0v) is 6.63. The van der Waals surface area contributed by atoms with Crippen molar-refractivity contribution in [2.45, 2.75) is 0 Å². The molecule has 1 aliphatic rings. The molecule has 0 aromatic carbocycles. The Kier molecular flexibility index (Phi) is 2.47. The van der Waals surface area contributed by atoms with Crippen molar-refractivity contribution in [3.63, 3.8) is 0 Å². The highest BCUT2D eigenvalue weighted by Crippen LogP contribution is 2.09.